The number of benzene rings is 3. The van der Waals surface area contributed by atoms with E-state index in [0.29, 0.717) is 36.6 Å². The molecule has 3 aromatic carbocycles. The lowest BCUT2D eigenvalue weighted by Crippen LogP contribution is -2.51. The second kappa shape index (κ2) is 10.0. The zero-order valence-electron chi connectivity index (χ0n) is 17.9. The van der Waals surface area contributed by atoms with Crippen molar-refractivity contribution in [2.45, 2.75) is 18.6 Å². The van der Waals surface area contributed by atoms with Crippen molar-refractivity contribution >= 4 is 11.8 Å². The summed E-state index contributed by atoms with van der Waals surface area (Å²) in [5.74, 6) is 0.915. The van der Waals surface area contributed by atoms with Gasteiger partial charge in [0.15, 0.2) is 17.6 Å². The number of nitrogens with one attached hydrogen (secondary N) is 1. The zero-order valence-corrected chi connectivity index (χ0v) is 17.9. The number of likely N-dealkylation sites (N-methyl/N-ethyl adjacent to an activating group) is 1. The molecule has 2 atom stereocenters. The highest BCUT2D eigenvalue weighted by Crippen LogP contribution is 2.31. The van der Waals surface area contributed by atoms with Crippen molar-refractivity contribution in [1.82, 2.24) is 10.2 Å². The molecule has 164 valence electrons. The molecule has 6 heteroatoms. The Hall–Kier alpha value is -3.80. The van der Waals surface area contributed by atoms with Crippen molar-refractivity contribution in [2.24, 2.45) is 0 Å². The highest BCUT2D eigenvalue weighted by Gasteiger charge is 2.29. The van der Waals surface area contributed by atoms with Gasteiger partial charge >= 0.3 is 0 Å². The Balaban J connectivity index is 1.45. The highest BCUT2D eigenvalue weighted by molar-refractivity contribution is 5.97. The van der Waals surface area contributed by atoms with Gasteiger partial charge < -0.3 is 19.7 Å². The van der Waals surface area contributed by atoms with Gasteiger partial charge in [0.25, 0.3) is 5.91 Å². The van der Waals surface area contributed by atoms with Crippen LogP contribution in [0.25, 0.3) is 0 Å². The molecule has 0 radical (unpaired) electrons. The van der Waals surface area contributed by atoms with E-state index >= 15 is 0 Å². The largest absolute Gasteiger partial charge is 0.486 e. The molecule has 6 nitrogen and oxygen atoms in total. The second-order valence-corrected chi connectivity index (χ2v) is 7.80. The number of ether oxygens (including phenoxy) is 2. The fourth-order valence-corrected chi connectivity index (χ4v) is 3.70. The Morgan fingerprint density at radius 1 is 0.938 bits per heavy atom. The number of hydrogen-bond donors (Lipinski definition) is 1. The van der Waals surface area contributed by atoms with Gasteiger partial charge in [-0.05, 0) is 29.8 Å². The quantitative estimate of drug-likeness (QED) is 0.624. The lowest BCUT2D eigenvalue weighted by atomic mass is 10.0. The van der Waals surface area contributed by atoms with E-state index in [9.17, 15) is 9.59 Å². The maximum Gasteiger partial charge on any atom is 0.251 e. The van der Waals surface area contributed by atoms with Gasteiger partial charge in [0.2, 0.25) is 5.91 Å². The van der Waals surface area contributed by atoms with Crippen LogP contribution in [0.1, 0.15) is 15.9 Å². The number of nitrogens with zero attached hydrogens (tertiary/aromatic N) is 1. The molecule has 0 spiro atoms. The minimum Gasteiger partial charge on any atom is -0.486 e. The van der Waals surface area contributed by atoms with Crippen LogP contribution in [0.2, 0.25) is 0 Å². The first-order valence-corrected chi connectivity index (χ1v) is 10.6. The number of para-hydroxylation sites is 2. The van der Waals surface area contributed by atoms with Crippen molar-refractivity contribution in [3.05, 3.63) is 96.1 Å². The minimum absolute atomic E-state index is 0.180. The molecule has 0 saturated carbocycles. The maximum absolute atomic E-state index is 13.3. The van der Waals surface area contributed by atoms with E-state index < -0.39 is 6.04 Å². The summed E-state index contributed by atoms with van der Waals surface area (Å²) in [5.41, 5.74) is 1.49. The Morgan fingerprint density at radius 2 is 1.56 bits per heavy atom. The molecule has 1 heterocycles. The van der Waals surface area contributed by atoms with Crippen LogP contribution in [0.15, 0.2) is 84.9 Å². The smallest absolute Gasteiger partial charge is 0.251 e. The first-order valence-electron chi connectivity index (χ1n) is 10.6. The number of carbonyl (C=O) groups excluding carboxylic acids is 2. The summed E-state index contributed by atoms with van der Waals surface area (Å²) in [6.07, 6.45) is 0.106. The van der Waals surface area contributed by atoms with Crippen molar-refractivity contribution in [1.29, 1.82) is 0 Å². The molecular formula is C26H26N2O4. The molecule has 4 rings (SSSR count). The predicted molar refractivity (Wildman–Crippen MR) is 122 cm³/mol. The molecule has 2 amide bonds. The Labute approximate surface area is 187 Å². The van der Waals surface area contributed by atoms with Gasteiger partial charge in [-0.2, -0.15) is 0 Å². The Morgan fingerprint density at radius 3 is 2.28 bits per heavy atom. The van der Waals surface area contributed by atoms with Crippen LogP contribution in [0.5, 0.6) is 11.5 Å². The lowest BCUT2D eigenvalue weighted by molar-refractivity contribution is -0.133. The number of amides is 2. The standard InChI is InChI=1S/C26H26N2O4/c1-28(17-21-18-31-23-14-8-9-15-24(23)32-21)26(30)22(16-19-10-4-2-5-11-19)27-25(29)20-12-6-3-7-13-20/h2-15,21-22H,16-18H2,1H3,(H,27,29). The number of fused-ring (bicyclic) bond motifs is 1. The lowest BCUT2D eigenvalue weighted by Gasteiger charge is -2.31. The molecule has 1 aliphatic heterocycles. The third-order valence-corrected chi connectivity index (χ3v) is 5.34. The zero-order chi connectivity index (χ0) is 22.3. The topological polar surface area (TPSA) is 67.9 Å². The molecule has 0 aromatic heterocycles. The van der Waals surface area contributed by atoms with Gasteiger partial charge in [-0.25, -0.2) is 0 Å². The van der Waals surface area contributed by atoms with Crippen LogP contribution in [-0.4, -0.2) is 49.1 Å². The van der Waals surface area contributed by atoms with Gasteiger partial charge in [0, 0.05) is 19.0 Å². The van der Waals surface area contributed by atoms with E-state index in [1.807, 2.05) is 60.7 Å². The Bertz CT molecular complexity index is 1060. The molecule has 2 unspecified atom stereocenters. The van der Waals surface area contributed by atoms with Gasteiger partial charge in [0.1, 0.15) is 12.6 Å². The summed E-state index contributed by atoms with van der Waals surface area (Å²) in [7, 11) is 1.72. The van der Waals surface area contributed by atoms with Crippen LogP contribution >= 0.6 is 0 Å². The molecular weight excluding hydrogens is 404 g/mol. The summed E-state index contributed by atoms with van der Waals surface area (Å²) in [5, 5.41) is 2.91. The van der Waals surface area contributed by atoms with E-state index in [-0.39, 0.29) is 17.9 Å². The third-order valence-electron chi connectivity index (χ3n) is 5.34. The van der Waals surface area contributed by atoms with Crippen LogP contribution in [0.4, 0.5) is 0 Å². The molecule has 3 aromatic rings. The first-order chi connectivity index (χ1) is 15.6. The number of carbonyl (C=O) groups is 2. The maximum atomic E-state index is 13.3. The van der Waals surface area contributed by atoms with Crippen molar-refractivity contribution in [3.63, 3.8) is 0 Å². The van der Waals surface area contributed by atoms with Crippen LogP contribution in [-0.2, 0) is 11.2 Å². The summed E-state index contributed by atoms with van der Waals surface area (Å²) < 4.78 is 11.8. The predicted octanol–water partition coefficient (Wildman–Crippen LogP) is 3.33. The normalized spacial score (nSPS) is 15.5. The van der Waals surface area contributed by atoms with E-state index in [1.54, 1.807) is 36.2 Å². The minimum atomic E-state index is -0.702. The van der Waals surface area contributed by atoms with E-state index in [0.717, 1.165) is 5.56 Å². The first kappa shape index (κ1) is 21.4. The van der Waals surface area contributed by atoms with Gasteiger partial charge in [-0.3, -0.25) is 9.59 Å². The fourth-order valence-electron chi connectivity index (χ4n) is 3.70. The number of rotatable bonds is 7. The highest BCUT2D eigenvalue weighted by atomic mass is 16.6. The SMILES string of the molecule is CN(CC1COc2ccccc2O1)C(=O)C(Cc1ccccc1)NC(=O)c1ccccc1. The van der Waals surface area contributed by atoms with Crippen LogP contribution < -0.4 is 14.8 Å². The van der Waals surface area contributed by atoms with Gasteiger partial charge in [0.05, 0.1) is 6.54 Å². The monoisotopic (exact) mass is 430 g/mol. The Kier molecular flexibility index (Phi) is 6.70. The molecule has 1 N–H and O–H groups in total. The van der Waals surface area contributed by atoms with Crippen LogP contribution in [0.3, 0.4) is 0 Å². The molecule has 0 aliphatic carbocycles. The molecule has 1 aliphatic rings. The fraction of sp³-hybridized carbons (Fsp3) is 0.231. The van der Waals surface area contributed by atoms with E-state index in [2.05, 4.69) is 5.32 Å². The average molecular weight is 431 g/mol. The van der Waals surface area contributed by atoms with E-state index in [1.165, 1.54) is 0 Å². The summed E-state index contributed by atoms with van der Waals surface area (Å²) >= 11 is 0. The van der Waals surface area contributed by atoms with Crippen LogP contribution in [0, 0.1) is 0 Å². The molecule has 0 bridgehead atoms. The van der Waals surface area contributed by atoms with Crippen molar-refractivity contribution < 1.29 is 19.1 Å². The molecule has 0 fully saturated rings. The van der Waals surface area contributed by atoms with E-state index in [4.69, 9.17) is 9.47 Å². The summed E-state index contributed by atoms with van der Waals surface area (Å²) in [4.78, 5) is 27.7. The van der Waals surface area contributed by atoms with Crippen molar-refractivity contribution in [3.8, 4) is 11.5 Å². The third kappa shape index (κ3) is 5.27. The summed E-state index contributed by atoms with van der Waals surface area (Å²) in [6.45, 7) is 0.702. The number of hydrogen-bond acceptors (Lipinski definition) is 4. The molecule has 32 heavy (non-hydrogen) atoms. The van der Waals surface area contributed by atoms with Crippen molar-refractivity contribution in [2.75, 3.05) is 20.2 Å². The van der Waals surface area contributed by atoms with Gasteiger partial charge in [-0.15, -0.1) is 0 Å². The second-order valence-electron chi connectivity index (χ2n) is 7.80. The summed E-state index contributed by atoms with van der Waals surface area (Å²) in [6, 6.07) is 25.3. The average Bonchev–Trinajstić information content (AvgIpc) is 2.84. The van der Waals surface area contributed by atoms with Gasteiger partial charge in [-0.1, -0.05) is 60.7 Å². The molecule has 0 saturated heterocycles.